The van der Waals surface area contributed by atoms with E-state index in [1.165, 1.54) is 33.4 Å². The van der Waals surface area contributed by atoms with Gasteiger partial charge in [-0.2, -0.15) is 0 Å². The lowest BCUT2D eigenvalue weighted by Crippen LogP contribution is -2.28. The molecule has 0 fully saturated rings. The number of rotatable bonds is 10. The van der Waals surface area contributed by atoms with Crippen LogP contribution in [-0.4, -0.2) is 36.6 Å². The number of benzene rings is 6. The lowest BCUT2D eigenvalue weighted by atomic mass is 9.67. The minimum Gasteiger partial charge on any atom is -0.491 e. The standard InChI is InChI=1S/C41H34O4/c42-25-27-44-35-21-13-31(14-22-35)29-9-17-33(18-10-29)41(39-7-3-1-5-37(39)38-6-2-4-8-40(38)41)34-19-11-30(12-20-34)32-15-23-36(24-16-32)45-28-26-43/h1-24,42-43H,25-28H2. The minimum absolute atomic E-state index is 0.00536. The zero-order chi connectivity index (χ0) is 30.6. The Balaban J connectivity index is 1.31. The average Bonchev–Trinajstić information content (AvgIpc) is 3.42. The SMILES string of the molecule is OCCOc1ccc(-c2ccc(C3(c4ccc(-c5ccc(OCCO)cc5)cc4)c4ccccc4-c4ccccc43)cc2)cc1. The van der Waals surface area contributed by atoms with Gasteiger partial charge in [-0.15, -0.1) is 0 Å². The predicted molar refractivity (Wildman–Crippen MR) is 180 cm³/mol. The van der Waals surface area contributed by atoms with Gasteiger partial charge in [0.2, 0.25) is 0 Å². The molecule has 0 heterocycles. The highest BCUT2D eigenvalue weighted by Gasteiger charge is 2.45. The maximum Gasteiger partial charge on any atom is 0.119 e. The van der Waals surface area contributed by atoms with Gasteiger partial charge in [-0.1, -0.05) is 121 Å². The second-order valence-electron chi connectivity index (χ2n) is 11.2. The monoisotopic (exact) mass is 590 g/mol. The van der Waals surface area contributed by atoms with Gasteiger partial charge < -0.3 is 19.7 Å². The van der Waals surface area contributed by atoms with Crippen LogP contribution in [0.5, 0.6) is 11.5 Å². The Morgan fingerprint density at radius 1 is 0.400 bits per heavy atom. The third-order valence-corrected chi connectivity index (χ3v) is 8.68. The van der Waals surface area contributed by atoms with Gasteiger partial charge in [-0.25, -0.2) is 0 Å². The normalized spacial score (nSPS) is 12.8. The van der Waals surface area contributed by atoms with Crippen molar-refractivity contribution >= 4 is 0 Å². The maximum absolute atomic E-state index is 9.06. The van der Waals surface area contributed by atoms with Crippen molar-refractivity contribution < 1.29 is 19.7 Å². The Morgan fingerprint density at radius 2 is 0.733 bits per heavy atom. The van der Waals surface area contributed by atoms with Crippen molar-refractivity contribution in [3.8, 4) is 44.9 Å². The van der Waals surface area contributed by atoms with Gasteiger partial charge in [0.15, 0.2) is 0 Å². The van der Waals surface area contributed by atoms with Crippen LogP contribution in [0.2, 0.25) is 0 Å². The van der Waals surface area contributed by atoms with Crippen molar-refractivity contribution in [1.29, 1.82) is 0 Å². The molecule has 0 bridgehead atoms. The second-order valence-corrected chi connectivity index (χ2v) is 11.2. The molecule has 0 unspecified atom stereocenters. The van der Waals surface area contributed by atoms with Crippen LogP contribution in [-0.2, 0) is 5.41 Å². The molecule has 222 valence electrons. The summed E-state index contributed by atoms with van der Waals surface area (Å²) in [5.74, 6) is 1.49. The fraction of sp³-hybridized carbons (Fsp3) is 0.122. The van der Waals surface area contributed by atoms with E-state index < -0.39 is 5.41 Å². The van der Waals surface area contributed by atoms with E-state index >= 15 is 0 Å². The van der Waals surface area contributed by atoms with Crippen LogP contribution in [0.1, 0.15) is 22.3 Å². The number of hydrogen-bond acceptors (Lipinski definition) is 4. The molecule has 1 aliphatic carbocycles. The van der Waals surface area contributed by atoms with Gasteiger partial charge in [-0.05, 0) is 79.9 Å². The van der Waals surface area contributed by atoms with Gasteiger partial charge in [-0.3, -0.25) is 0 Å². The van der Waals surface area contributed by atoms with Crippen LogP contribution in [0.4, 0.5) is 0 Å². The zero-order valence-corrected chi connectivity index (χ0v) is 24.9. The molecule has 6 aromatic rings. The van der Waals surface area contributed by atoms with Crippen molar-refractivity contribution in [2.24, 2.45) is 0 Å². The number of hydrogen-bond donors (Lipinski definition) is 2. The fourth-order valence-corrected chi connectivity index (χ4v) is 6.66. The van der Waals surface area contributed by atoms with Gasteiger partial charge >= 0.3 is 0 Å². The molecule has 0 spiro atoms. The van der Waals surface area contributed by atoms with E-state index in [9.17, 15) is 0 Å². The third-order valence-electron chi connectivity index (χ3n) is 8.68. The molecule has 0 radical (unpaired) electrons. The van der Waals surface area contributed by atoms with E-state index in [0.29, 0.717) is 0 Å². The molecular weight excluding hydrogens is 556 g/mol. The molecule has 4 heteroatoms. The van der Waals surface area contributed by atoms with E-state index in [1.54, 1.807) is 0 Å². The Labute approximate surface area is 263 Å². The Hall–Kier alpha value is -5.16. The molecule has 45 heavy (non-hydrogen) atoms. The van der Waals surface area contributed by atoms with Crippen molar-refractivity contribution in [3.63, 3.8) is 0 Å². The van der Waals surface area contributed by atoms with Crippen LogP contribution >= 0.6 is 0 Å². The van der Waals surface area contributed by atoms with Crippen molar-refractivity contribution in [2.75, 3.05) is 26.4 Å². The number of aliphatic hydroxyl groups excluding tert-OH is 2. The lowest BCUT2D eigenvalue weighted by molar-refractivity contribution is 0.201. The summed E-state index contributed by atoms with van der Waals surface area (Å²) in [6, 6.07) is 51.5. The molecule has 0 saturated carbocycles. The van der Waals surface area contributed by atoms with E-state index in [4.69, 9.17) is 19.7 Å². The van der Waals surface area contributed by atoms with Crippen LogP contribution in [0, 0.1) is 0 Å². The molecule has 0 aromatic heterocycles. The summed E-state index contributed by atoms with van der Waals surface area (Å²) in [6.45, 7) is 0.558. The highest BCUT2D eigenvalue weighted by Crippen LogP contribution is 2.56. The smallest absolute Gasteiger partial charge is 0.119 e. The molecule has 6 aromatic carbocycles. The lowest BCUT2D eigenvalue weighted by Gasteiger charge is -2.34. The molecule has 4 nitrogen and oxygen atoms in total. The Morgan fingerprint density at radius 3 is 1.09 bits per heavy atom. The average molecular weight is 591 g/mol. The molecular formula is C41H34O4. The Kier molecular flexibility index (Phi) is 7.91. The highest BCUT2D eigenvalue weighted by atomic mass is 16.5. The first-order chi connectivity index (χ1) is 22.2. The minimum atomic E-state index is -0.478. The predicted octanol–water partition coefficient (Wildman–Crippen LogP) is 8.13. The number of fused-ring (bicyclic) bond motifs is 3. The van der Waals surface area contributed by atoms with E-state index in [2.05, 4.69) is 121 Å². The van der Waals surface area contributed by atoms with Crippen molar-refractivity contribution in [1.82, 2.24) is 0 Å². The Bertz CT molecular complexity index is 1750. The first-order valence-electron chi connectivity index (χ1n) is 15.3. The fourth-order valence-electron chi connectivity index (χ4n) is 6.66. The molecule has 0 amide bonds. The molecule has 0 saturated heterocycles. The van der Waals surface area contributed by atoms with Crippen molar-refractivity contribution in [2.45, 2.75) is 5.41 Å². The largest absolute Gasteiger partial charge is 0.491 e. The summed E-state index contributed by atoms with van der Waals surface area (Å²) < 4.78 is 11.1. The third kappa shape index (κ3) is 5.18. The summed E-state index contributed by atoms with van der Waals surface area (Å²) >= 11 is 0. The molecule has 7 rings (SSSR count). The van der Waals surface area contributed by atoms with Crippen LogP contribution in [0.3, 0.4) is 0 Å². The summed E-state index contributed by atoms with van der Waals surface area (Å²) in [4.78, 5) is 0. The maximum atomic E-state index is 9.06. The first kappa shape index (κ1) is 28.6. The molecule has 0 atom stereocenters. The van der Waals surface area contributed by atoms with E-state index in [-0.39, 0.29) is 26.4 Å². The zero-order valence-electron chi connectivity index (χ0n) is 24.9. The van der Waals surface area contributed by atoms with Crippen LogP contribution in [0.25, 0.3) is 33.4 Å². The van der Waals surface area contributed by atoms with Gasteiger partial charge in [0.05, 0.1) is 18.6 Å². The summed E-state index contributed by atoms with van der Waals surface area (Å²) in [5, 5.41) is 18.1. The topological polar surface area (TPSA) is 58.9 Å². The molecule has 0 aliphatic heterocycles. The van der Waals surface area contributed by atoms with Gasteiger partial charge in [0, 0.05) is 0 Å². The number of aliphatic hydroxyl groups is 2. The number of ether oxygens (including phenoxy) is 2. The van der Waals surface area contributed by atoms with Crippen LogP contribution in [0.15, 0.2) is 146 Å². The first-order valence-corrected chi connectivity index (χ1v) is 15.3. The second kappa shape index (κ2) is 12.4. The summed E-state index contributed by atoms with van der Waals surface area (Å²) in [6.07, 6.45) is 0. The van der Waals surface area contributed by atoms with E-state index in [0.717, 1.165) is 33.8 Å². The summed E-state index contributed by atoms with van der Waals surface area (Å²) in [5.41, 5.74) is 11.5. The molecule has 2 N–H and O–H groups in total. The van der Waals surface area contributed by atoms with E-state index in [1.807, 2.05) is 24.3 Å². The molecule has 1 aliphatic rings. The van der Waals surface area contributed by atoms with Gasteiger partial charge in [0.1, 0.15) is 24.7 Å². The highest BCUT2D eigenvalue weighted by molar-refractivity contribution is 5.86. The quantitative estimate of drug-likeness (QED) is 0.169. The summed E-state index contributed by atoms with van der Waals surface area (Å²) in [7, 11) is 0. The van der Waals surface area contributed by atoms with Crippen molar-refractivity contribution in [3.05, 3.63) is 168 Å². The van der Waals surface area contributed by atoms with Gasteiger partial charge in [0.25, 0.3) is 0 Å². The van der Waals surface area contributed by atoms with Crippen LogP contribution < -0.4 is 9.47 Å².